The second kappa shape index (κ2) is 8.59. The van der Waals surface area contributed by atoms with Gasteiger partial charge in [-0.1, -0.05) is 17.7 Å². The van der Waals surface area contributed by atoms with Crippen LogP contribution in [0.1, 0.15) is 35.4 Å². The molecule has 2 fully saturated rings. The van der Waals surface area contributed by atoms with Gasteiger partial charge in [-0.2, -0.15) is 0 Å². The number of piperidine rings is 1. The van der Waals surface area contributed by atoms with E-state index in [2.05, 4.69) is 15.6 Å². The van der Waals surface area contributed by atoms with Crippen LogP contribution in [0.25, 0.3) is 11.0 Å². The normalized spacial score (nSPS) is 18.9. The van der Waals surface area contributed by atoms with Crippen LogP contribution in [0.2, 0.25) is 5.02 Å². The third-order valence-corrected chi connectivity index (χ3v) is 7.23. The molecule has 8 nitrogen and oxygen atoms in total. The largest absolute Gasteiger partial charge is 0.506 e. The molecule has 3 aromatic rings. The highest BCUT2D eigenvalue weighted by Crippen LogP contribution is 2.59. The zero-order valence-corrected chi connectivity index (χ0v) is 18.8. The molecule has 0 bridgehead atoms. The number of hydrogen-bond acceptors (Lipinski definition) is 5. The van der Waals surface area contributed by atoms with Gasteiger partial charge in [0.2, 0.25) is 0 Å². The molecular weight excluding hydrogens is 444 g/mol. The Balaban J connectivity index is 1.07. The fourth-order valence-electron chi connectivity index (χ4n) is 4.74. The molecule has 1 aromatic carbocycles. The summed E-state index contributed by atoms with van der Waals surface area (Å²) in [6, 6.07) is 8.38. The number of nitrogens with zero attached hydrogens (tertiary/aromatic N) is 2. The van der Waals surface area contributed by atoms with Crippen molar-refractivity contribution >= 4 is 34.5 Å². The van der Waals surface area contributed by atoms with Crippen molar-refractivity contribution in [3.05, 3.63) is 59.1 Å². The van der Waals surface area contributed by atoms with E-state index >= 15 is 0 Å². The minimum Gasteiger partial charge on any atom is -0.506 e. The first-order valence-electron chi connectivity index (χ1n) is 11.1. The van der Waals surface area contributed by atoms with Crippen molar-refractivity contribution < 1.29 is 19.1 Å². The van der Waals surface area contributed by atoms with Crippen LogP contribution in [0.3, 0.4) is 0 Å². The predicted molar refractivity (Wildman–Crippen MR) is 123 cm³/mol. The van der Waals surface area contributed by atoms with Gasteiger partial charge in [0.05, 0.1) is 11.2 Å². The Labute approximate surface area is 195 Å². The Morgan fingerprint density at radius 1 is 1.21 bits per heavy atom. The number of likely N-dealkylation sites (tertiary alicyclic amines) is 1. The highest BCUT2D eigenvalue weighted by molar-refractivity contribution is 6.32. The highest BCUT2D eigenvalue weighted by Gasteiger charge is 2.54. The maximum absolute atomic E-state index is 12.5. The summed E-state index contributed by atoms with van der Waals surface area (Å²) < 4.78 is 5.58. The van der Waals surface area contributed by atoms with E-state index in [1.807, 2.05) is 11.0 Å². The molecule has 1 aliphatic carbocycles. The number of carbonyl (C=O) groups excluding carboxylic acids is 2. The number of aromatic nitrogens is 1. The van der Waals surface area contributed by atoms with E-state index in [1.165, 1.54) is 0 Å². The highest BCUT2D eigenvalue weighted by atomic mass is 35.5. The van der Waals surface area contributed by atoms with Gasteiger partial charge in [0.15, 0.2) is 11.3 Å². The first-order chi connectivity index (χ1) is 15.9. The maximum atomic E-state index is 12.5. The van der Waals surface area contributed by atoms with Crippen LogP contribution in [-0.4, -0.2) is 46.6 Å². The van der Waals surface area contributed by atoms with Crippen LogP contribution in [0.15, 0.2) is 47.1 Å². The summed E-state index contributed by atoms with van der Waals surface area (Å²) in [4.78, 5) is 30.9. The minimum absolute atomic E-state index is 0.00697. The van der Waals surface area contributed by atoms with E-state index < -0.39 is 0 Å². The molecule has 1 saturated heterocycles. The lowest BCUT2D eigenvalue weighted by Gasteiger charge is -2.33. The second-order valence-corrected chi connectivity index (χ2v) is 9.34. The van der Waals surface area contributed by atoms with E-state index in [1.54, 1.807) is 36.7 Å². The lowest BCUT2D eigenvalue weighted by molar-refractivity contribution is 0.0922. The first-order valence-corrected chi connectivity index (χ1v) is 11.4. The Morgan fingerprint density at radius 3 is 2.79 bits per heavy atom. The average Bonchev–Trinajstić information content (AvgIpc) is 3.29. The molecule has 3 heterocycles. The van der Waals surface area contributed by atoms with Crippen molar-refractivity contribution in [1.29, 1.82) is 0 Å². The number of phenols is 1. The van der Waals surface area contributed by atoms with Crippen molar-refractivity contribution in [2.24, 2.45) is 11.3 Å². The monoisotopic (exact) mass is 468 g/mol. The van der Waals surface area contributed by atoms with Gasteiger partial charge in [0.25, 0.3) is 5.91 Å². The summed E-state index contributed by atoms with van der Waals surface area (Å²) in [7, 11) is 0. The van der Waals surface area contributed by atoms with Crippen LogP contribution in [0.5, 0.6) is 5.75 Å². The van der Waals surface area contributed by atoms with Gasteiger partial charge in [-0.05, 0) is 60.4 Å². The number of carbonyl (C=O) groups is 2. The van der Waals surface area contributed by atoms with Gasteiger partial charge in [0.1, 0.15) is 5.75 Å². The first kappa shape index (κ1) is 21.6. The quantitative estimate of drug-likeness (QED) is 0.526. The Morgan fingerprint density at radius 2 is 2.03 bits per heavy atom. The number of benzene rings is 1. The van der Waals surface area contributed by atoms with Gasteiger partial charge in [-0.3, -0.25) is 9.78 Å². The van der Waals surface area contributed by atoms with Crippen molar-refractivity contribution in [2.75, 3.05) is 19.6 Å². The fraction of sp³-hybridized carbons (Fsp3) is 0.375. The van der Waals surface area contributed by atoms with Crippen molar-refractivity contribution in [2.45, 2.75) is 25.8 Å². The van der Waals surface area contributed by atoms with E-state index in [0.29, 0.717) is 43.4 Å². The Kier molecular flexibility index (Phi) is 5.62. The molecule has 1 unspecified atom stereocenters. The van der Waals surface area contributed by atoms with E-state index in [4.69, 9.17) is 16.0 Å². The molecule has 1 saturated carbocycles. The van der Waals surface area contributed by atoms with Gasteiger partial charge >= 0.3 is 6.03 Å². The van der Waals surface area contributed by atoms with E-state index in [-0.39, 0.29) is 28.1 Å². The number of nitrogens with one attached hydrogen (secondary N) is 2. The van der Waals surface area contributed by atoms with Crippen LogP contribution >= 0.6 is 11.6 Å². The van der Waals surface area contributed by atoms with Crippen LogP contribution in [0, 0.1) is 11.3 Å². The molecule has 2 aliphatic rings. The number of furan rings is 1. The van der Waals surface area contributed by atoms with Crippen molar-refractivity contribution in [3.63, 3.8) is 0 Å². The number of urea groups is 1. The SMILES string of the molecule is O=C(NCC1CC12CCN(C(=O)NCc1ccc(Cl)c(O)c1)CC2)c1cc2ccncc2o1. The molecule has 1 atom stereocenters. The van der Waals surface area contributed by atoms with E-state index in [9.17, 15) is 14.7 Å². The summed E-state index contributed by atoms with van der Waals surface area (Å²) in [6.45, 7) is 2.33. The molecular formula is C24H25ClN4O4. The summed E-state index contributed by atoms with van der Waals surface area (Å²) >= 11 is 5.82. The smallest absolute Gasteiger partial charge is 0.317 e. The minimum atomic E-state index is -0.210. The number of pyridine rings is 1. The fourth-order valence-corrected chi connectivity index (χ4v) is 4.86. The maximum Gasteiger partial charge on any atom is 0.317 e. The Hall–Kier alpha value is -3.26. The zero-order valence-electron chi connectivity index (χ0n) is 18.0. The van der Waals surface area contributed by atoms with Crippen LogP contribution in [-0.2, 0) is 6.54 Å². The lowest BCUT2D eigenvalue weighted by Crippen LogP contribution is -2.45. The lowest BCUT2D eigenvalue weighted by atomic mass is 9.91. The number of aromatic hydroxyl groups is 1. The topological polar surface area (TPSA) is 108 Å². The van der Waals surface area contributed by atoms with Crippen LogP contribution in [0.4, 0.5) is 4.79 Å². The van der Waals surface area contributed by atoms with Crippen molar-refractivity contribution in [3.8, 4) is 5.75 Å². The number of amides is 3. The van der Waals surface area contributed by atoms with Gasteiger partial charge in [-0.15, -0.1) is 0 Å². The zero-order chi connectivity index (χ0) is 23.0. The van der Waals surface area contributed by atoms with E-state index in [0.717, 1.165) is 30.2 Å². The standard InChI is InChI=1S/C24H25ClN4O4/c25-18-2-1-15(9-19(18)30)12-28-23(32)29-7-4-24(5-8-29)11-17(24)13-27-22(31)20-10-16-3-6-26-14-21(16)33-20/h1-3,6,9-10,14,17,30H,4-5,7-8,11-13H2,(H,27,31)(H,28,32). The third-order valence-electron chi connectivity index (χ3n) is 6.92. The molecule has 2 aromatic heterocycles. The number of fused-ring (bicyclic) bond motifs is 1. The number of halogens is 1. The molecule has 3 N–H and O–H groups in total. The molecule has 5 rings (SSSR count). The van der Waals surface area contributed by atoms with Crippen molar-refractivity contribution in [1.82, 2.24) is 20.5 Å². The third kappa shape index (κ3) is 4.48. The molecule has 3 amide bonds. The van der Waals surface area contributed by atoms with Gasteiger partial charge < -0.3 is 25.1 Å². The second-order valence-electron chi connectivity index (χ2n) is 8.93. The van der Waals surface area contributed by atoms with Gasteiger partial charge in [-0.25, -0.2) is 4.79 Å². The summed E-state index contributed by atoms with van der Waals surface area (Å²) in [6.07, 6.45) is 6.20. The molecule has 1 spiro atoms. The number of phenolic OH excluding ortho intramolecular Hbond substituents is 1. The molecule has 33 heavy (non-hydrogen) atoms. The predicted octanol–water partition coefficient (Wildman–Crippen LogP) is 3.93. The molecule has 0 radical (unpaired) electrons. The number of hydrogen-bond donors (Lipinski definition) is 3. The molecule has 9 heteroatoms. The van der Waals surface area contributed by atoms with Crippen LogP contribution < -0.4 is 10.6 Å². The molecule has 1 aliphatic heterocycles. The average molecular weight is 469 g/mol. The molecule has 172 valence electrons. The summed E-state index contributed by atoms with van der Waals surface area (Å²) in [5, 5.41) is 16.7. The Bertz CT molecular complexity index is 1170. The summed E-state index contributed by atoms with van der Waals surface area (Å²) in [5.74, 6) is 0.522. The summed E-state index contributed by atoms with van der Waals surface area (Å²) in [5.41, 5.74) is 1.60. The number of rotatable bonds is 5. The van der Waals surface area contributed by atoms with Gasteiger partial charge in [0, 0.05) is 37.8 Å².